The van der Waals surface area contributed by atoms with Gasteiger partial charge in [0.2, 0.25) is 0 Å². The van der Waals surface area contributed by atoms with Gasteiger partial charge in [-0.2, -0.15) is 0 Å². The molecule has 1 aromatic carbocycles. The SMILES string of the molecule is CCCC[C](CCCC)(CCCC)[Sn][c]1nn(C)c2ccc(O[Si](C)(C)C(C)(C)C)cc12. The van der Waals surface area contributed by atoms with Gasteiger partial charge in [-0.25, -0.2) is 0 Å². The van der Waals surface area contributed by atoms with Gasteiger partial charge in [-0.1, -0.05) is 0 Å². The molecule has 0 unspecified atom stereocenters. The molecule has 0 aliphatic heterocycles. The summed E-state index contributed by atoms with van der Waals surface area (Å²) in [5.74, 6) is 1.04. The summed E-state index contributed by atoms with van der Waals surface area (Å²) in [6.07, 6.45) is 12.2. The number of hydrogen-bond acceptors (Lipinski definition) is 2. The quantitative estimate of drug-likeness (QED) is 0.231. The molecule has 5 heteroatoms. The fraction of sp³-hybridized carbons (Fsp3) is 0.741. The van der Waals surface area contributed by atoms with E-state index in [1.165, 1.54) is 72.4 Å². The second-order valence-corrected chi connectivity index (χ2v) is 21.0. The van der Waals surface area contributed by atoms with E-state index in [0.29, 0.717) is 3.43 Å². The van der Waals surface area contributed by atoms with E-state index in [1.807, 2.05) is 0 Å². The van der Waals surface area contributed by atoms with E-state index in [4.69, 9.17) is 9.52 Å². The average Bonchev–Trinajstić information content (AvgIpc) is 3.02. The summed E-state index contributed by atoms with van der Waals surface area (Å²) in [7, 11) is 0.260. The van der Waals surface area contributed by atoms with Crippen molar-refractivity contribution < 1.29 is 4.43 Å². The van der Waals surface area contributed by atoms with E-state index in [-0.39, 0.29) is 5.04 Å². The predicted molar refractivity (Wildman–Crippen MR) is 145 cm³/mol. The fourth-order valence-electron chi connectivity index (χ4n) is 4.21. The molecule has 2 aromatic rings. The van der Waals surface area contributed by atoms with Crippen LogP contribution in [0, 0.1) is 0 Å². The Bertz CT molecular complexity index is 831. The van der Waals surface area contributed by atoms with Gasteiger partial charge >= 0.3 is 210 Å². The summed E-state index contributed by atoms with van der Waals surface area (Å²) in [5, 5.41) is 6.70. The summed E-state index contributed by atoms with van der Waals surface area (Å²) < 4.78 is 10.8. The molecule has 1 heterocycles. The number of benzene rings is 1. The molecule has 180 valence electrons. The Labute approximate surface area is 209 Å². The molecule has 0 fully saturated rings. The third-order valence-corrected chi connectivity index (χ3v) is 17.2. The molecule has 1 aromatic heterocycles. The van der Waals surface area contributed by atoms with Gasteiger partial charge < -0.3 is 0 Å². The Kier molecular flexibility index (Phi) is 10.2. The van der Waals surface area contributed by atoms with E-state index in [9.17, 15) is 0 Å². The van der Waals surface area contributed by atoms with Crippen LogP contribution in [0.25, 0.3) is 10.9 Å². The molecule has 0 saturated carbocycles. The molecule has 0 amide bonds. The Hall–Kier alpha value is -0.494. The Balaban J connectivity index is 2.45. The van der Waals surface area contributed by atoms with E-state index in [2.05, 4.69) is 84.6 Å². The van der Waals surface area contributed by atoms with E-state index in [1.54, 1.807) is 0 Å². The average molecular weight is 563 g/mol. The van der Waals surface area contributed by atoms with Gasteiger partial charge in [-0.3, -0.25) is 0 Å². The molecule has 0 atom stereocenters. The number of rotatable bonds is 13. The first-order valence-electron chi connectivity index (χ1n) is 12.9. The van der Waals surface area contributed by atoms with Crippen LogP contribution in [0.4, 0.5) is 0 Å². The van der Waals surface area contributed by atoms with Crippen LogP contribution in [0.1, 0.15) is 99.3 Å². The molecule has 0 spiro atoms. The summed E-state index contributed by atoms with van der Waals surface area (Å²) in [4.78, 5) is 0. The van der Waals surface area contributed by atoms with Crippen molar-refractivity contribution in [1.82, 2.24) is 9.78 Å². The molecule has 2 radical (unpaired) electrons. The zero-order valence-electron chi connectivity index (χ0n) is 22.4. The molecule has 0 N–H and O–H groups in total. The molecular weight excluding hydrogens is 515 g/mol. The van der Waals surface area contributed by atoms with E-state index < -0.39 is 29.5 Å². The van der Waals surface area contributed by atoms with Crippen molar-refractivity contribution in [3.8, 4) is 5.75 Å². The fourth-order valence-corrected chi connectivity index (χ4v) is 10.8. The number of unbranched alkanes of at least 4 members (excludes halogenated alkanes) is 3. The molecule has 3 nitrogen and oxygen atoms in total. The molecule has 2 rings (SSSR count). The van der Waals surface area contributed by atoms with Crippen molar-refractivity contribution in [2.24, 2.45) is 7.05 Å². The topological polar surface area (TPSA) is 27.1 Å². The Morgan fingerprint density at radius 3 is 1.94 bits per heavy atom. The van der Waals surface area contributed by atoms with Crippen LogP contribution in [-0.4, -0.2) is 39.2 Å². The predicted octanol–water partition coefficient (Wildman–Crippen LogP) is 8.02. The molecule has 0 aliphatic rings. The number of fused-ring (bicyclic) bond motifs is 1. The second-order valence-electron chi connectivity index (χ2n) is 11.2. The van der Waals surface area contributed by atoms with Crippen LogP contribution in [0.2, 0.25) is 21.6 Å². The van der Waals surface area contributed by atoms with E-state index in [0.717, 1.165) is 5.75 Å². The van der Waals surface area contributed by atoms with Gasteiger partial charge in [-0.05, 0) is 0 Å². The zero-order chi connectivity index (χ0) is 24.0. The number of hydrogen-bond donors (Lipinski definition) is 0. The Morgan fingerprint density at radius 2 is 1.47 bits per heavy atom. The van der Waals surface area contributed by atoms with Gasteiger partial charge in [0.05, 0.1) is 0 Å². The van der Waals surface area contributed by atoms with Crippen LogP contribution < -0.4 is 8.14 Å². The summed E-state index contributed by atoms with van der Waals surface area (Å²) >= 11 is -0.890. The summed E-state index contributed by atoms with van der Waals surface area (Å²) in [5.41, 5.74) is 1.26. The zero-order valence-corrected chi connectivity index (χ0v) is 26.3. The number of aryl methyl sites for hydroxylation is 1. The van der Waals surface area contributed by atoms with Crippen molar-refractivity contribution in [3.05, 3.63) is 18.2 Å². The van der Waals surface area contributed by atoms with Crippen LogP contribution in [0.3, 0.4) is 0 Å². The molecule has 32 heavy (non-hydrogen) atoms. The second kappa shape index (κ2) is 11.8. The van der Waals surface area contributed by atoms with Crippen molar-refractivity contribution in [2.45, 2.75) is 121 Å². The minimum absolute atomic E-state index is 0.200. The molecule has 0 saturated heterocycles. The van der Waals surface area contributed by atoms with Crippen LogP contribution >= 0.6 is 0 Å². The molecule has 0 aliphatic carbocycles. The van der Waals surface area contributed by atoms with Gasteiger partial charge in [-0.15, -0.1) is 0 Å². The first kappa shape index (κ1) is 27.7. The molecule has 0 bridgehead atoms. The van der Waals surface area contributed by atoms with Gasteiger partial charge in [0, 0.05) is 0 Å². The van der Waals surface area contributed by atoms with Crippen molar-refractivity contribution in [2.75, 3.05) is 0 Å². The third-order valence-electron chi connectivity index (χ3n) is 7.41. The first-order valence-corrected chi connectivity index (χ1v) is 18.7. The molecular formula is C27H48N2OSiSn. The summed E-state index contributed by atoms with van der Waals surface area (Å²) in [6.45, 7) is 18.6. The summed E-state index contributed by atoms with van der Waals surface area (Å²) in [6, 6.07) is 6.72. The van der Waals surface area contributed by atoms with Gasteiger partial charge in [0.1, 0.15) is 0 Å². The monoisotopic (exact) mass is 564 g/mol. The minimum atomic E-state index is -1.86. The maximum atomic E-state index is 6.68. The third kappa shape index (κ3) is 7.00. The van der Waals surface area contributed by atoms with Crippen molar-refractivity contribution in [3.63, 3.8) is 0 Å². The standard InChI is InChI=1S/C14H21N2OSi.C13H27.Sn/c1-14(2,3)18(5,6)17-12-7-8-13-11(9-12)10-15-16(13)4;1-4-7-10-13(11-8-5-2)12-9-6-3;/h7-9H,1-6H3;4-12H2,1-3H3;. The van der Waals surface area contributed by atoms with Crippen LogP contribution in [0.15, 0.2) is 18.2 Å². The normalized spacial score (nSPS) is 13.2. The van der Waals surface area contributed by atoms with Gasteiger partial charge in [0.15, 0.2) is 0 Å². The maximum absolute atomic E-state index is 6.68. The first-order chi connectivity index (χ1) is 15.0. The van der Waals surface area contributed by atoms with Gasteiger partial charge in [0.25, 0.3) is 0 Å². The van der Waals surface area contributed by atoms with Crippen LogP contribution in [-0.2, 0) is 7.05 Å². The number of aromatic nitrogens is 2. The van der Waals surface area contributed by atoms with Crippen LogP contribution in [0.5, 0.6) is 5.75 Å². The van der Waals surface area contributed by atoms with Crippen molar-refractivity contribution in [1.29, 1.82) is 0 Å². The number of nitrogens with zero attached hydrogens (tertiary/aromatic N) is 2. The Morgan fingerprint density at radius 1 is 0.938 bits per heavy atom. The van der Waals surface area contributed by atoms with Crippen molar-refractivity contribution >= 4 is 44.1 Å². The van der Waals surface area contributed by atoms with E-state index >= 15 is 0 Å².